The largest absolute Gasteiger partial charge is 0.490 e. The molecule has 2 aromatic rings. The fourth-order valence-electron chi connectivity index (χ4n) is 4.09. The first-order valence-electron chi connectivity index (χ1n) is 14.1. The Balaban J connectivity index is 1.82. The molecule has 0 unspecified atom stereocenters. The number of esters is 1. The predicted molar refractivity (Wildman–Crippen MR) is 145 cm³/mol. The van der Waals surface area contributed by atoms with Crippen molar-refractivity contribution in [3.05, 3.63) is 53.6 Å². The van der Waals surface area contributed by atoms with Crippen LogP contribution >= 0.6 is 0 Å². The molecule has 6 heteroatoms. The lowest BCUT2D eigenvalue weighted by atomic mass is 10.1. The topological polar surface area (TPSA) is 44.8 Å². The van der Waals surface area contributed by atoms with Crippen LogP contribution in [-0.2, 0) is 0 Å². The maximum Gasteiger partial charge on any atom is 0.346 e. The van der Waals surface area contributed by atoms with Gasteiger partial charge in [0.1, 0.15) is 0 Å². The molecule has 0 saturated carbocycles. The summed E-state index contributed by atoms with van der Waals surface area (Å²) in [6.45, 7) is 5.17. The first-order valence-corrected chi connectivity index (χ1v) is 14.1. The van der Waals surface area contributed by atoms with Crippen molar-refractivity contribution in [2.45, 2.75) is 104 Å². The second-order valence-electron chi connectivity index (χ2n) is 9.52. The third-order valence-electron chi connectivity index (χ3n) is 6.33. The average Bonchev–Trinajstić information content (AvgIpc) is 2.90. The number of carbonyl (C=O) groups excluding carboxylic acids is 1. The summed E-state index contributed by atoms with van der Waals surface area (Å²) in [5.74, 6) is -3.06. The van der Waals surface area contributed by atoms with Crippen LogP contribution < -0.4 is 14.2 Å². The van der Waals surface area contributed by atoms with Crippen LogP contribution in [0, 0.1) is 11.6 Å². The van der Waals surface area contributed by atoms with Gasteiger partial charge >= 0.3 is 5.97 Å². The fraction of sp³-hybridized carbons (Fsp3) is 0.581. The minimum Gasteiger partial charge on any atom is -0.490 e. The van der Waals surface area contributed by atoms with Crippen molar-refractivity contribution in [1.82, 2.24) is 0 Å². The molecule has 4 nitrogen and oxygen atoms in total. The van der Waals surface area contributed by atoms with E-state index in [1.807, 2.05) is 0 Å². The third kappa shape index (κ3) is 11.5. The smallest absolute Gasteiger partial charge is 0.346 e. The van der Waals surface area contributed by atoms with E-state index < -0.39 is 23.2 Å². The van der Waals surface area contributed by atoms with Gasteiger partial charge in [0.25, 0.3) is 0 Å². The Morgan fingerprint density at radius 2 is 1.08 bits per heavy atom. The second-order valence-corrected chi connectivity index (χ2v) is 9.52. The Kier molecular flexibility index (Phi) is 15.4. The molecule has 0 spiro atoms. The summed E-state index contributed by atoms with van der Waals surface area (Å²) in [6.07, 6.45) is 15.9. The summed E-state index contributed by atoms with van der Waals surface area (Å²) < 4.78 is 45.8. The number of halogens is 2. The average molecular weight is 519 g/mol. The number of rotatable bonds is 20. The minimum atomic E-state index is -1.28. The quantitative estimate of drug-likeness (QED) is 0.0995. The van der Waals surface area contributed by atoms with Crippen LogP contribution in [0.3, 0.4) is 0 Å². The van der Waals surface area contributed by atoms with Crippen molar-refractivity contribution < 1.29 is 27.8 Å². The van der Waals surface area contributed by atoms with Crippen LogP contribution in [-0.4, -0.2) is 19.2 Å². The van der Waals surface area contributed by atoms with E-state index in [2.05, 4.69) is 13.8 Å². The van der Waals surface area contributed by atoms with Crippen molar-refractivity contribution >= 4 is 5.97 Å². The number of unbranched alkanes of at least 4 members (excludes halogenated alkanes) is 12. The SMILES string of the molecule is CCCCCCCCCCOc1ccccc1OC(=O)c1ccc(OCCCCCCCC)c(F)c1F. The molecule has 0 atom stereocenters. The highest BCUT2D eigenvalue weighted by molar-refractivity contribution is 5.91. The molecule has 206 valence electrons. The summed E-state index contributed by atoms with van der Waals surface area (Å²) in [5.41, 5.74) is -0.484. The predicted octanol–water partition coefficient (Wildman–Crippen LogP) is 9.44. The van der Waals surface area contributed by atoms with E-state index in [4.69, 9.17) is 14.2 Å². The minimum absolute atomic E-state index is 0.176. The number of ether oxygens (including phenoxy) is 3. The molecule has 2 aromatic carbocycles. The zero-order valence-corrected chi connectivity index (χ0v) is 22.7. The molecule has 0 fully saturated rings. The van der Waals surface area contributed by atoms with Gasteiger partial charge in [0, 0.05) is 0 Å². The molecule has 0 aliphatic carbocycles. The molecule has 0 N–H and O–H groups in total. The molecule has 0 aromatic heterocycles. The van der Waals surface area contributed by atoms with Gasteiger partial charge in [-0.15, -0.1) is 0 Å². The normalized spacial score (nSPS) is 10.9. The van der Waals surface area contributed by atoms with Crippen LogP contribution in [0.2, 0.25) is 0 Å². The summed E-state index contributed by atoms with van der Waals surface area (Å²) in [4.78, 5) is 12.6. The molecular formula is C31H44F2O4. The van der Waals surface area contributed by atoms with E-state index in [0.29, 0.717) is 19.0 Å². The summed E-state index contributed by atoms with van der Waals surface area (Å²) in [6, 6.07) is 9.22. The molecule has 0 radical (unpaired) electrons. The lowest BCUT2D eigenvalue weighted by Gasteiger charge is -2.13. The monoisotopic (exact) mass is 518 g/mol. The molecule has 0 aliphatic rings. The molecule has 2 rings (SSSR count). The van der Waals surface area contributed by atoms with Gasteiger partial charge in [-0.25, -0.2) is 9.18 Å². The lowest BCUT2D eigenvalue weighted by molar-refractivity contribution is 0.0721. The molecular weight excluding hydrogens is 474 g/mol. The van der Waals surface area contributed by atoms with Gasteiger partial charge in [-0.3, -0.25) is 0 Å². The third-order valence-corrected chi connectivity index (χ3v) is 6.33. The van der Waals surface area contributed by atoms with Crippen LogP contribution in [0.4, 0.5) is 8.78 Å². The van der Waals surface area contributed by atoms with E-state index in [0.717, 1.165) is 32.1 Å². The van der Waals surface area contributed by atoms with Crippen LogP contribution in [0.5, 0.6) is 17.2 Å². The van der Waals surface area contributed by atoms with Crippen molar-refractivity contribution in [1.29, 1.82) is 0 Å². The Morgan fingerprint density at radius 1 is 0.595 bits per heavy atom. The standard InChI is InChI=1S/C31H44F2O4/c1-3-5-7-9-11-12-14-17-23-35-26-19-15-16-20-27(26)37-31(34)25-21-22-28(30(33)29(25)32)36-24-18-13-10-8-6-4-2/h15-16,19-22H,3-14,17-18,23-24H2,1-2H3. The fourth-order valence-corrected chi connectivity index (χ4v) is 4.09. The molecule has 0 amide bonds. The second kappa shape index (κ2) is 18.6. The van der Waals surface area contributed by atoms with Crippen molar-refractivity contribution in [3.63, 3.8) is 0 Å². The highest BCUT2D eigenvalue weighted by Crippen LogP contribution is 2.29. The number of hydrogen-bond donors (Lipinski definition) is 0. The molecule has 0 heterocycles. The van der Waals surface area contributed by atoms with Crippen LogP contribution in [0.15, 0.2) is 36.4 Å². The van der Waals surface area contributed by atoms with Gasteiger partial charge in [-0.2, -0.15) is 4.39 Å². The maximum absolute atomic E-state index is 14.7. The van der Waals surface area contributed by atoms with E-state index in [1.165, 1.54) is 69.9 Å². The van der Waals surface area contributed by atoms with Gasteiger partial charge in [-0.1, -0.05) is 103 Å². The highest BCUT2D eigenvalue weighted by Gasteiger charge is 2.22. The Morgan fingerprint density at radius 3 is 1.65 bits per heavy atom. The number of carbonyl (C=O) groups is 1. The lowest BCUT2D eigenvalue weighted by Crippen LogP contribution is -2.13. The van der Waals surface area contributed by atoms with Crippen molar-refractivity contribution in [2.75, 3.05) is 13.2 Å². The zero-order valence-electron chi connectivity index (χ0n) is 22.7. The van der Waals surface area contributed by atoms with E-state index in [9.17, 15) is 13.6 Å². The molecule has 0 bridgehead atoms. The van der Waals surface area contributed by atoms with E-state index in [1.54, 1.807) is 24.3 Å². The maximum atomic E-state index is 14.7. The van der Waals surface area contributed by atoms with Crippen LogP contribution in [0.1, 0.15) is 114 Å². The van der Waals surface area contributed by atoms with E-state index >= 15 is 0 Å². The Hall–Kier alpha value is -2.63. The Labute approximate surface area is 221 Å². The summed E-state index contributed by atoms with van der Waals surface area (Å²) in [5, 5.41) is 0. The van der Waals surface area contributed by atoms with Gasteiger partial charge in [0.2, 0.25) is 5.82 Å². The Bertz CT molecular complexity index is 916. The first kappa shape index (κ1) is 30.6. The number of para-hydroxylation sites is 2. The molecule has 0 saturated heterocycles. The van der Waals surface area contributed by atoms with Crippen LogP contribution in [0.25, 0.3) is 0 Å². The van der Waals surface area contributed by atoms with Crippen molar-refractivity contribution in [3.8, 4) is 17.2 Å². The number of hydrogen-bond acceptors (Lipinski definition) is 4. The van der Waals surface area contributed by atoms with Gasteiger partial charge < -0.3 is 14.2 Å². The van der Waals surface area contributed by atoms with Crippen molar-refractivity contribution in [2.24, 2.45) is 0 Å². The highest BCUT2D eigenvalue weighted by atomic mass is 19.2. The molecule has 0 aliphatic heterocycles. The zero-order chi connectivity index (χ0) is 26.7. The summed E-state index contributed by atoms with van der Waals surface area (Å²) in [7, 11) is 0. The van der Waals surface area contributed by atoms with Gasteiger partial charge in [0.05, 0.1) is 18.8 Å². The summed E-state index contributed by atoms with van der Waals surface area (Å²) >= 11 is 0. The van der Waals surface area contributed by atoms with Gasteiger partial charge in [-0.05, 0) is 37.1 Å². The first-order chi connectivity index (χ1) is 18.1. The molecule has 37 heavy (non-hydrogen) atoms. The van der Waals surface area contributed by atoms with Gasteiger partial charge in [0.15, 0.2) is 23.1 Å². The van der Waals surface area contributed by atoms with E-state index in [-0.39, 0.29) is 11.5 Å². The number of benzene rings is 2.